The third-order valence-electron chi connectivity index (χ3n) is 5.61. The first-order chi connectivity index (χ1) is 17.2. The average Bonchev–Trinajstić information content (AvgIpc) is 3.27. The molecule has 0 bridgehead atoms. The molecule has 0 fully saturated rings. The SMILES string of the molecule is C=CN(Cc1ncn(C)n1)C(=O)N(/C=N/C1=CC(=C/C)/C(=N\C)C=C1Cl)Cc1cc(F)c(C)cc1C. The maximum Gasteiger partial charge on any atom is 0.329 e. The van der Waals surface area contributed by atoms with Crippen molar-refractivity contribution in [1.82, 2.24) is 24.6 Å². The fraction of sp³-hybridized carbons (Fsp3) is 0.269. The Hall–Kier alpha value is -3.85. The number of amides is 2. The van der Waals surface area contributed by atoms with Crippen LogP contribution in [-0.2, 0) is 20.1 Å². The molecule has 1 aromatic heterocycles. The molecule has 2 aromatic rings. The van der Waals surface area contributed by atoms with Crippen LogP contribution < -0.4 is 0 Å². The minimum atomic E-state index is -0.430. The molecule has 1 aliphatic rings. The number of rotatable bonds is 7. The van der Waals surface area contributed by atoms with Gasteiger partial charge < -0.3 is 0 Å². The van der Waals surface area contributed by atoms with Crippen LogP contribution in [0, 0.1) is 19.7 Å². The van der Waals surface area contributed by atoms with Gasteiger partial charge in [0.1, 0.15) is 12.1 Å². The zero-order valence-corrected chi connectivity index (χ0v) is 21.8. The van der Waals surface area contributed by atoms with Gasteiger partial charge in [0.05, 0.1) is 35.9 Å². The van der Waals surface area contributed by atoms with Crippen molar-refractivity contribution in [2.75, 3.05) is 7.05 Å². The van der Waals surface area contributed by atoms with E-state index in [1.165, 1.54) is 28.4 Å². The Balaban J connectivity index is 1.97. The molecular formula is C26H29ClFN7O. The van der Waals surface area contributed by atoms with Gasteiger partial charge in [0.15, 0.2) is 5.82 Å². The van der Waals surface area contributed by atoms with Gasteiger partial charge >= 0.3 is 6.03 Å². The van der Waals surface area contributed by atoms with Crippen LogP contribution in [0.15, 0.2) is 75.8 Å². The van der Waals surface area contributed by atoms with E-state index >= 15 is 0 Å². The zero-order chi connectivity index (χ0) is 26.4. The lowest BCUT2D eigenvalue weighted by atomic mass is 10.0. The second-order valence-electron chi connectivity index (χ2n) is 8.20. The fourth-order valence-electron chi connectivity index (χ4n) is 3.59. The van der Waals surface area contributed by atoms with E-state index in [-0.39, 0.29) is 18.9 Å². The lowest BCUT2D eigenvalue weighted by Crippen LogP contribution is -2.39. The van der Waals surface area contributed by atoms with Gasteiger partial charge in [0, 0.05) is 20.3 Å². The fourth-order valence-corrected chi connectivity index (χ4v) is 3.79. The monoisotopic (exact) mass is 509 g/mol. The van der Waals surface area contributed by atoms with Crippen LogP contribution in [0.5, 0.6) is 0 Å². The molecule has 188 valence electrons. The van der Waals surface area contributed by atoms with Gasteiger partial charge in [-0.3, -0.25) is 19.5 Å². The minimum absolute atomic E-state index is 0.0815. The first-order valence-electron chi connectivity index (χ1n) is 11.2. The molecule has 0 aliphatic heterocycles. The van der Waals surface area contributed by atoms with Crippen molar-refractivity contribution in [3.05, 3.63) is 94.1 Å². The Bertz CT molecular complexity index is 1320. The average molecular weight is 510 g/mol. The van der Waals surface area contributed by atoms with Gasteiger partial charge in [-0.25, -0.2) is 19.2 Å². The third-order valence-corrected chi connectivity index (χ3v) is 5.92. The van der Waals surface area contributed by atoms with Gasteiger partial charge in [-0.2, -0.15) is 5.10 Å². The van der Waals surface area contributed by atoms with E-state index in [0.717, 1.165) is 16.8 Å². The summed E-state index contributed by atoms with van der Waals surface area (Å²) in [6, 6.07) is 2.76. The van der Waals surface area contributed by atoms with E-state index in [2.05, 4.69) is 26.6 Å². The predicted octanol–water partition coefficient (Wildman–Crippen LogP) is 5.20. The molecule has 0 saturated heterocycles. The van der Waals surface area contributed by atoms with Crippen molar-refractivity contribution in [2.24, 2.45) is 17.0 Å². The molecular weight excluding hydrogens is 481 g/mol. The number of allylic oxidation sites excluding steroid dienone is 5. The highest BCUT2D eigenvalue weighted by atomic mass is 35.5. The number of halogens is 2. The second-order valence-corrected chi connectivity index (χ2v) is 8.61. The molecule has 0 saturated carbocycles. The van der Waals surface area contributed by atoms with Crippen LogP contribution >= 0.6 is 11.6 Å². The number of carbonyl (C=O) groups excluding carboxylic acids is 1. The highest BCUT2D eigenvalue weighted by Gasteiger charge is 2.22. The van der Waals surface area contributed by atoms with Gasteiger partial charge in [0.2, 0.25) is 0 Å². The summed E-state index contributed by atoms with van der Waals surface area (Å²) in [7, 11) is 3.43. The molecule has 0 atom stereocenters. The van der Waals surface area contributed by atoms with Crippen LogP contribution in [0.25, 0.3) is 0 Å². The number of benzene rings is 1. The summed E-state index contributed by atoms with van der Waals surface area (Å²) in [6.45, 7) is 9.42. The number of nitrogens with zero attached hydrogens (tertiary/aromatic N) is 7. The van der Waals surface area contributed by atoms with Crippen LogP contribution in [0.3, 0.4) is 0 Å². The standard InChI is InChI=1S/C26H29ClFN7O/c1-7-19-11-24(21(27)12-23(19)29-5)30-16-35(13-20-10-22(28)18(4)9-17(20)3)26(36)34(8-2)14-25-31-15-33(6)32-25/h7-12,15-16H,2,13-14H2,1,3-6H3/b19-7-,29-23-,30-16+. The van der Waals surface area contributed by atoms with E-state index in [0.29, 0.717) is 27.7 Å². The molecule has 3 rings (SSSR count). The highest BCUT2D eigenvalue weighted by molar-refractivity contribution is 6.35. The first-order valence-corrected chi connectivity index (χ1v) is 11.6. The minimum Gasteiger partial charge on any atom is -0.294 e. The Morgan fingerprint density at radius 2 is 1.97 bits per heavy atom. The molecule has 0 unspecified atom stereocenters. The maximum absolute atomic E-state index is 14.4. The van der Waals surface area contributed by atoms with Gasteiger partial charge in [0.25, 0.3) is 0 Å². The largest absolute Gasteiger partial charge is 0.329 e. The molecule has 1 aliphatic carbocycles. The first kappa shape index (κ1) is 26.7. The number of aryl methyl sites for hydroxylation is 3. The van der Waals surface area contributed by atoms with Crippen molar-refractivity contribution < 1.29 is 9.18 Å². The number of aliphatic imine (C=N–C) groups is 2. The van der Waals surface area contributed by atoms with Crippen LogP contribution in [0.1, 0.15) is 29.4 Å². The topological polar surface area (TPSA) is 79.0 Å². The summed E-state index contributed by atoms with van der Waals surface area (Å²) in [5.74, 6) is 0.105. The smallest absolute Gasteiger partial charge is 0.294 e. The lowest BCUT2D eigenvalue weighted by molar-refractivity contribution is 0.189. The molecule has 36 heavy (non-hydrogen) atoms. The van der Waals surface area contributed by atoms with E-state index in [4.69, 9.17) is 11.6 Å². The quantitative estimate of drug-likeness (QED) is 0.380. The van der Waals surface area contributed by atoms with E-state index < -0.39 is 6.03 Å². The number of hydrogen-bond acceptors (Lipinski definition) is 5. The molecule has 0 spiro atoms. The molecule has 10 heteroatoms. The van der Waals surface area contributed by atoms with E-state index in [1.54, 1.807) is 50.2 Å². The summed E-state index contributed by atoms with van der Waals surface area (Å²) in [5, 5.41) is 4.62. The summed E-state index contributed by atoms with van der Waals surface area (Å²) in [5.41, 5.74) is 4.10. The second kappa shape index (κ2) is 11.7. The van der Waals surface area contributed by atoms with Crippen LogP contribution in [0.2, 0.25) is 0 Å². The van der Waals surface area contributed by atoms with Crippen molar-refractivity contribution in [3.8, 4) is 0 Å². The Morgan fingerprint density at radius 1 is 1.22 bits per heavy atom. The zero-order valence-electron chi connectivity index (χ0n) is 21.0. The molecule has 0 N–H and O–H groups in total. The van der Waals surface area contributed by atoms with Crippen LogP contribution in [-0.4, -0.2) is 49.7 Å². The van der Waals surface area contributed by atoms with Gasteiger partial charge in [-0.1, -0.05) is 30.3 Å². The molecule has 0 radical (unpaired) electrons. The molecule has 1 aromatic carbocycles. The molecule has 1 heterocycles. The van der Waals surface area contributed by atoms with Crippen molar-refractivity contribution in [2.45, 2.75) is 33.9 Å². The van der Waals surface area contributed by atoms with Gasteiger partial charge in [-0.15, -0.1) is 0 Å². The molecule has 2 amide bonds. The summed E-state index contributed by atoms with van der Waals surface area (Å²) in [6.07, 6.45) is 9.76. The summed E-state index contributed by atoms with van der Waals surface area (Å²) >= 11 is 6.44. The Labute approximate surface area is 215 Å². The summed E-state index contributed by atoms with van der Waals surface area (Å²) < 4.78 is 15.9. The number of aromatic nitrogens is 3. The summed E-state index contributed by atoms with van der Waals surface area (Å²) in [4.78, 5) is 29.2. The van der Waals surface area contributed by atoms with E-state index in [9.17, 15) is 9.18 Å². The third kappa shape index (κ3) is 6.23. The maximum atomic E-state index is 14.4. The number of urea groups is 1. The normalized spacial score (nSPS) is 15.9. The van der Waals surface area contributed by atoms with Crippen molar-refractivity contribution in [1.29, 1.82) is 0 Å². The Morgan fingerprint density at radius 3 is 2.58 bits per heavy atom. The Kier molecular flexibility index (Phi) is 8.71. The number of hydrogen-bond donors (Lipinski definition) is 0. The molecule has 8 nitrogen and oxygen atoms in total. The number of carbonyl (C=O) groups is 1. The highest BCUT2D eigenvalue weighted by Crippen LogP contribution is 2.25. The van der Waals surface area contributed by atoms with E-state index in [1.807, 2.05) is 19.9 Å². The van der Waals surface area contributed by atoms with Crippen molar-refractivity contribution >= 4 is 29.7 Å². The van der Waals surface area contributed by atoms with Gasteiger partial charge in [-0.05, 0) is 61.3 Å². The van der Waals surface area contributed by atoms with Crippen LogP contribution in [0.4, 0.5) is 9.18 Å². The lowest BCUT2D eigenvalue weighted by Gasteiger charge is -2.25. The van der Waals surface area contributed by atoms with Crippen molar-refractivity contribution in [3.63, 3.8) is 0 Å². The predicted molar refractivity (Wildman–Crippen MR) is 141 cm³/mol.